The van der Waals surface area contributed by atoms with Crippen LogP contribution < -0.4 is 5.32 Å². The number of nitrogens with zero attached hydrogens (tertiary/aromatic N) is 3. The summed E-state index contributed by atoms with van der Waals surface area (Å²) >= 11 is 0. The van der Waals surface area contributed by atoms with Crippen LogP contribution in [0.1, 0.15) is 18.7 Å². The monoisotopic (exact) mass is 306 g/mol. The summed E-state index contributed by atoms with van der Waals surface area (Å²) in [6.45, 7) is 3.78. The molecule has 19 heavy (non-hydrogen) atoms. The minimum Gasteiger partial charge on any atom is -0.332 e. The van der Waals surface area contributed by atoms with Crippen LogP contribution in [-0.2, 0) is 17.9 Å². The number of hydrogen-bond acceptors (Lipinski definition) is 3. The number of carbonyl (C=O) groups is 1. The molecule has 0 spiro atoms. The molecule has 5 nitrogen and oxygen atoms in total. The van der Waals surface area contributed by atoms with E-state index in [9.17, 15) is 4.79 Å². The van der Waals surface area contributed by atoms with E-state index >= 15 is 0 Å². The van der Waals surface area contributed by atoms with Gasteiger partial charge in [-0.05, 0) is 25.3 Å². The number of halogens is 2. The van der Waals surface area contributed by atoms with Crippen LogP contribution in [0.2, 0.25) is 0 Å². The van der Waals surface area contributed by atoms with E-state index in [1.807, 2.05) is 11.1 Å². The Bertz CT molecular complexity index is 420. The van der Waals surface area contributed by atoms with Crippen LogP contribution in [0.25, 0.3) is 0 Å². The molecule has 1 aromatic heterocycles. The van der Waals surface area contributed by atoms with Gasteiger partial charge in [-0.25, -0.2) is 4.98 Å². The highest BCUT2D eigenvalue weighted by Crippen LogP contribution is 2.27. The predicted octanol–water partition coefficient (Wildman–Crippen LogP) is 1.07. The Kier molecular flexibility index (Phi) is 6.10. The lowest BCUT2D eigenvalue weighted by molar-refractivity contribution is -0.131. The van der Waals surface area contributed by atoms with Crippen LogP contribution in [-0.4, -0.2) is 40.0 Å². The molecule has 3 rings (SSSR count). The van der Waals surface area contributed by atoms with Crippen LogP contribution in [0.4, 0.5) is 0 Å². The molecule has 2 heterocycles. The van der Waals surface area contributed by atoms with E-state index in [0.29, 0.717) is 13.1 Å². The molecule has 1 N–H and O–H groups in total. The number of amides is 1. The minimum atomic E-state index is 0. The van der Waals surface area contributed by atoms with Gasteiger partial charge in [0.2, 0.25) is 5.91 Å². The normalized spacial score (nSPS) is 17.2. The van der Waals surface area contributed by atoms with Gasteiger partial charge in [0, 0.05) is 25.5 Å². The van der Waals surface area contributed by atoms with Gasteiger partial charge in [0.15, 0.2) is 0 Å². The first-order chi connectivity index (χ1) is 8.33. The van der Waals surface area contributed by atoms with E-state index in [1.54, 1.807) is 6.20 Å². The van der Waals surface area contributed by atoms with Gasteiger partial charge in [0.05, 0.1) is 13.1 Å². The van der Waals surface area contributed by atoms with Crippen LogP contribution in [0.15, 0.2) is 12.4 Å². The molecule has 1 amide bonds. The van der Waals surface area contributed by atoms with E-state index in [4.69, 9.17) is 0 Å². The van der Waals surface area contributed by atoms with Gasteiger partial charge in [-0.2, -0.15) is 0 Å². The summed E-state index contributed by atoms with van der Waals surface area (Å²) in [6, 6.07) is 0. The number of nitrogens with one attached hydrogen (secondary N) is 1. The van der Waals surface area contributed by atoms with Crippen LogP contribution in [0.5, 0.6) is 0 Å². The molecule has 1 saturated carbocycles. The molecule has 1 aliphatic heterocycles. The van der Waals surface area contributed by atoms with Crippen LogP contribution >= 0.6 is 24.8 Å². The van der Waals surface area contributed by atoms with Crippen LogP contribution in [0, 0.1) is 5.92 Å². The summed E-state index contributed by atoms with van der Waals surface area (Å²) in [5, 5.41) is 3.24. The molecule has 0 bridgehead atoms. The third-order valence-electron chi connectivity index (χ3n) is 3.50. The molecule has 0 atom stereocenters. The van der Waals surface area contributed by atoms with E-state index in [1.165, 1.54) is 12.8 Å². The lowest BCUT2D eigenvalue weighted by atomic mass is 10.3. The highest BCUT2D eigenvalue weighted by Gasteiger charge is 2.23. The van der Waals surface area contributed by atoms with E-state index < -0.39 is 0 Å². The summed E-state index contributed by atoms with van der Waals surface area (Å²) in [7, 11) is 0. The first-order valence-electron chi connectivity index (χ1n) is 6.31. The molecule has 108 valence electrons. The second-order valence-electron chi connectivity index (χ2n) is 4.93. The number of carbonyl (C=O) groups excluding carboxylic acids is 1. The molecule has 0 saturated heterocycles. The van der Waals surface area contributed by atoms with Crippen molar-refractivity contribution < 1.29 is 4.79 Å². The molecule has 2 aliphatic rings. The maximum Gasteiger partial charge on any atom is 0.236 e. The fourth-order valence-electron chi connectivity index (χ4n) is 2.20. The molecular formula is C12H20Cl2N4O. The molecule has 0 unspecified atom stereocenters. The Hall–Kier alpha value is -0.780. The van der Waals surface area contributed by atoms with Crippen LogP contribution in [0.3, 0.4) is 0 Å². The molecule has 1 aliphatic carbocycles. The SMILES string of the molecule is Cl.Cl.O=C(CNCC1CC1)N1CCn2ccnc2C1. The van der Waals surface area contributed by atoms with Crippen molar-refractivity contribution in [2.75, 3.05) is 19.6 Å². The Morgan fingerprint density at radius 2 is 2.16 bits per heavy atom. The number of hydrogen-bond donors (Lipinski definition) is 1. The Labute approximate surface area is 125 Å². The lowest BCUT2D eigenvalue weighted by Gasteiger charge is -2.27. The average molecular weight is 307 g/mol. The second-order valence-corrected chi connectivity index (χ2v) is 4.93. The topological polar surface area (TPSA) is 50.2 Å². The summed E-state index contributed by atoms with van der Waals surface area (Å²) in [6.07, 6.45) is 6.42. The molecule has 0 radical (unpaired) electrons. The zero-order valence-electron chi connectivity index (χ0n) is 10.7. The summed E-state index contributed by atoms with van der Waals surface area (Å²) in [5.41, 5.74) is 0. The van der Waals surface area contributed by atoms with Crippen molar-refractivity contribution in [2.24, 2.45) is 5.92 Å². The van der Waals surface area contributed by atoms with Gasteiger partial charge in [-0.1, -0.05) is 0 Å². The third-order valence-corrected chi connectivity index (χ3v) is 3.50. The first-order valence-corrected chi connectivity index (χ1v) is 6.31. The van der Waals surface area contributed by atoms with Crippen molar-refractivity contribution in [1.29, 1.82) is 0 Å². The van der Waals surface area contributed by atoms with Gasteiger partial charge < -0.3 is 14.8 Å². The Morgan fingerprint density at radius 1 is 1.37 bits per heavy atom. The molecule has 1 aromatic rings. The second kappa shape index (κ2) is 7.12. The van der Waals surface area contributed by atoms with E-state index in [0.717, 1.165) is 31.4 Å². The Morgan fingerprint density at radius 3 is 2.89 bits per heavy atom. The largest absolute Gasteiger partial charge is 0.332 e. The Balaban J connectivity index is 0.000000902. The van der Waals surface area contributed by atoms with Gasteiger partial charge in [0.1, 0.15) is 5.82 Å². The van der Waals surface area contributed by atoms with Gasteiger partial charge in [-0.15, -0.1) is 24.8 Å². The molecule has 7 heteroatoms. The number of aromatic nitrogens is 2. The third kappa shape index (κ3) is 4.09. The summed E-state index contributed by atoms with van der Waals surface area (Å²) in [4.78, 5) is 18.1. The van der Waals surface area contributed by atoms with E-state index in [-0.39, 0.29) is 30.7 Å². The summed E-state index contributed by atoms with van der Waals surface area (Å²) < 4.78 is 2.11. The zero-order valence-corrected chi connectivity index (χ0v) is 12.4. The smallest absolute Gasteiger partial charge is 0.236 e. The van der Waals surface area contributed by atoms with Crippen molar-refractivity contribution in [3.05, 3.63) is 18.2 Å². The average Bonchev–Trinajstić information content (AvgIpc) is 3.04. The van der Waals surface area contributed by atoms with E-state index in [2.05, 4.69) is 14.9 Å². The summed E-state index contributed by atoms with van der Waals surface area (Å²) in [5.74, 6) is 2.01. The van der Waals surface area contributed by atoms with Crippen molar-refractivity contribution >= 4 is 30.7 Å². The first kappa shape index (κ1) is 16.3. The zero-order chi connectivity index (χ0) is 11.7. The number of fused-ring (bicyclic) bond motifs is 1. The van der Waals surface area contributed by atoms with Crippen molar-refractivity contribution in [1.82, 2.24) is 19.8 Å². The van der Waals surface area contributed by atoms with Crippen molar-refractivity contribution in [2.45, 2.75) is 25.9 Å². The van der Waals surface area contributed by atoms with Crippen molar-refractivity contribution in [3.63, 3.8) is 0 Å². The fraction of sp³-hybridized carbons (Fsp3) is 0.667. The highest BCUT2D eigenvalue weighted by atomic mass is 35.5. The number of imidazole rings is 1. The highest BCUT2D eigenvalue weighted by molar-refractivity contribution is 5.85. The maximum absolute atomic E-state index is 12.0. The quantitative estimate of drug-likeness (QED) is 0.905. The van der Waals surface area contributed by atoms with Gasteiger partial charge in [0.25, 0.3) is 0 Å². The maximum atomic E-state index is 12.0. The minimum absolute atomic E-state index is 0. The van der Waals surface area contributed by atoms with Gasteiger partial charge >= 0.3 is 0 Å². The number of rotatable bonds is 4. The lowest BCUT2D eigenvalue weighted by Crippen LogP contribution is -2.43. The standard InChI is InChI=1S/C12H18N4O.2ClH/c17-12(8-13-7-10-1-2-10)16-6-5-15-4-3-14-11(15)9-16;;/h3-4,10,13H,1-2,5-9H2;2*1H. The molecule has 1 fully saturated rings. The van der Waals surface area contributed by atoms with Gasteiger partial charge in [-0.3, -0.25) is 4.79 Å². The fourth-order valence-corrected chi connectivity index (χ4v) is 2.20. The van der Waals surface area contributed by atoms with Crippen molar-refractivity contribution in [3.8, 4) is 0 Å². The predicted molar refractivity (Wildman–Crippen MR) is 77.7 cm³/mol. The molecular weight excluding hydrogens is 287 g/mol. The molecule has 0 aromatic carbocycles.